The maximum absolute atomic E-state index is 13.5. The summed E-state index contributed by atoms with van der Waals surface area (Å²) in [6.45, 7) is 10.7. The first kappa shape index (κ1) is 21.8. The molecule has 0 spiro atoms. The molecule has 1 saturated heterocycles. The molecule has 1 aliphatic carbocycles. The number of hydrogen-bond donors (Lipinski definition) is 0. The maximum Gasteiger partial charge on any atom is 0.276 e. The third-order valence-corrected chi connectivity index (χ3v) is 6.62. The van der Waals surface area contributed by atoms with E-state index in [9.17, 15) is 9.59 Å². The predicted octanol–water partition coefficient (Wildman–Crippen LogP) is 2.93. The molecule has 0 aromatic carbocycles. The number of hydrogen-bond acceptors (Lipinski definition) is 5. The Hall–Kier alpha value is -1.89. The van der Waals surface area contributed by atoms with E-state index in [0.717, 1.165) is 43.4 Å². The third kappa shape index (κ3) is 4.82. The Labute approximate surface area is 173 Å². The number of aryl methyl sites for hydroxylation is 1. The molecule has 2 amide bonds. The lowest BCUT2D eigenvalue weighted by Gasteiger charge is -2.38. The van der Waals surface area contributed by atoms with Gasteiger partial charge in [-0.2, -0.15) is 0 Å². The summed E-state index contributed by atoms with van der Waals surface area (Å²) in [5, 5.41) is 4.21. The van der Waals surface area contributed by atoms with Gasteiger partial charge >= 0.3 is 0 Å². The molecule has 2 heterocycles. The smallest absolute Gasteiger partial charge is 0.276 e. The van der Waals surface area contributed by atoms with Crippen LogP contribution in [0.1, 0.15) is 68.8 Å². The molecule has 1 aliphatic heterocycles. The second-order valence-corrected chi connectivity index (χ2v) is 9.47. The number of rotatable bonds is 5. The number of fused-ring (bicyclic) bond motifs is 1. The van der Waals surface area contributed by atoms with Gasteiger partial charge in [0.1, 0.15) is 5.76 Å². The van der Waals surface area contributed by atoms with E-state index >= 15 is 0 Å². The molecule has 1 atom stereocenters. The van der Waals surface area contributed by atoms with Crippen molar-refractivity contribution < 1.29 is 18.8 Å². The Morgan fingerprint density at radius 3 is 2.52 bits per heavy atom. The van der Waals surface area contributed by atoms with Gasteiger partial charge < -0.3 is 19.1 Å². The number of likely N-dealkylation sites (tertiary alicyclic amines) is 1. The second kappa shape index (κ2) is 8.86. The van der Waals surface area contributed by atoms with Crippen LogP contribution in [0.3, 0.4) is 0 Å². The maximum atomic E-state index is 13.5. The first-order chi connectivity index (χ1) is 13.7. The first-order valence-corrected chi connectivity index (χ1v) is 10.7. The fourth-order valence-electron chi connectivity index (χ4n) is 4.58. The summed E-state index contributed by atoms with van der Waals surface area (Å²) >= 11 is 0. The van der Waals surface area contributed by atoms with Crippen LogP contribution in [0.2, 0.25) is 0 Å². The molecule has 1 unspecified atom stereocenters. The molecular formula is C22H35N3O4. The van der Waals surface area contributed by atoms with Crippen molar-refractivity contribution in [1.82, 2.24) is 15.0 Å². The van der Waals surface area contributed by atoms with Crippen LogP contribution >= 0.6 is 0 Å². The van der Waals surface area contributed by atoms with Crippen molar-refractivity contribution >= 4 is 11.8 Å². The number of carbonyl (C=O) groups is 2. The molecular weight excluding hydrogens is 370 g/mol. The number of methoxy groups -OCH3 is 1. The standard InChI is InChI=1S/C22H35N3O4/c1-15(26)24-10-8-17(9-11-24)25(12-13-28-5)21(27)20-18-14-16(22(2,3)4)6-7-19(18)29-23-20/h16-17H,6-14H2,1-5H3. The molecule has 7 heteroatoms. The minimum absolute atomic E-state index is 0.0668. The summed E-state index contributed by atoms with van der Waals surface area (Å²) in [7, 11) is 1.65. The Bertz CT molecular complexity index is 729. The topological polar surface area (TPSA) is 75.9 Å². The van der Waals surface area contributed by atoms with Gasteiger partial charge in [-0.05, 0) is 37.0 Å². The first-order valence-electron chi connectivity index (χ1n) is 10.7. The normalized spacial score (nSPS) is 20.4. The van der Waals surface area contributed by atoms with Crippen LogP contribution in [0, 0.1) is 11.3 Å². The van der Waals surface area contributed by atoms with Crippen LogP contribution in [-0.4, -0.2) is 66.2 Å². The molecule has 0 radical (unpaired) electrons. The second-order valence-electron chi connectivity index (χ2n) is 9.47. The summed E-state index contributed by atoms with van der Waals surface area (Å²) in [6, 6.07) is 0.0857. The fourth-order valence-corrected chi connectivity index (χ4v) is 4.58. The summed E-state index contributed by atoms with van der Waals surface area (Å²) in [4.78, 5) is 28.9. The van der Waals surface area contributed by atoms with Crippen molar-refractivity contribution in [1.29, 1.82) is 0 Å². The molecule has 1 aromatic heterocycles. The van der Waals surface area contributed by atoms with Crippen molar-refractivity contribution in [3.63, 3.8) is 0 Å². The molecule has 2 aliphatic rings. The number of piperidine rings is 1. The summed E-state index contributed by atoms with van der Waals surface area (Å²) < 4.78 is 10.8. The average molecular weight is 406 g/mol. The molecule has 3 rings (SSSR count). The van der Waals surface area contributed by atoms with Crippen molar-refractivity contribution in [3.05, 3.63) is 17.0 Å². The van der Waals surface area contributed by atoms with Gasteiger partial charge in [0, 0.05) is 51.7 Å². The highest BCUT2D eigenvalue weighted by Gasteiger charge is 2.37. The highest BCUT2D eigenvalue weighted by atomic mass is 16.5. The Morgan fingerprint density at radius 2 is 1.93 bits per heavy atom. The van der Waals surface area contributed by atoms with Gasteiger partial charge in [-0.3, -0.25) is 9.59 Å². The van der Waals surface area contributed by atoms with E-state index in [2.05, 4.69) is 25.9 Å². The molecule has 0 saturated carbocycles. The average Bonchev–Trinajstić information content (AvgIpc) is 3.11. The van der Waals surface area contributed by atoms with Gasteiger partial charge in [-0.25, -0.2) is 0 Å². The zero-order valence-corrected chi connectivity index (χ0v) is 18.5. The highest BCUT2D eigenvalue weighted by Crippen LogP contribution is 2.38. The molecule has 0 bridgehead atoms. The Balaban J connectivity index is 1.79. The summed E-state index contributed by atoms with van der Waals surface area (Å²) in [5.74, 6) is 1.40. The van der Waals surface area contributed by atoms with E-state index in [1.54, 1.807) is 14.0 Å². The number of aromatic nitrogens is 1. The van der Waals surface area contributed by atoms with E-state index in [1.165, 1.54) is 0 Å². The van der Waals surface area contributed by atoms with Gasteiger partial charge in [-0.15, -0.1) is 0 Å². The molecule has 1 fully saturated rings. The predicted molar refractivity (Wildman–Crippen MR) is 110 cm³/mol. The quantitative estimate of drug-likeness (QED) is 0.753. The summed E-state index contributed by atoms with van der Waals surface area (Å²) in [5.41, 5.74) is 1.65. The minimum atomic E-state index is -0.0668. The number of ether oxygens (including phenoxy) is 1. The minimum Gasteiger partial charge on any atom is -0.383 e. The fraction of sp³-hybridized carbons (Fsp3) is 0.773. The van der Waals surface area contributed by atoms with Crippen molar-refractivity contribution in [3.8, 4) is 0 Å². The van der Waals surface area contributed by atoms with Gasteiger partial charge in [0.25, 0.3) is 5.91 Å². The van der Waals surface area contributed by atoms with Crippen LogP contribution in [0.5, 0.6) is 0 Å². The van der Waals surface area contributed by atoms with Crippen LogP contribution in [0.25, 0.3) is 0 Å². The van der Waals surface area contributed by atoms with Crippen LogP contribution in [-0.2, 0) is 22.4 Å². The monoisotopic (exact) mass is 405 g/mol. The van der Waals surface area contributed by atoms with Gasteiger partial charge in [0.15, 0.2) is 5.69 Å². The SMILES string of the molecule is COCCN(C(=O)c1noc2c1CC(C(C)(C)C)CC2)C1CCN(C(C)=O)CC1. The van der Waals surface area contributed by atoms with E-state index < -0.39 is 0 Å². The van der Waals surface area contributed by atoms with Gasteiger partial charge in [0.05, 0.1) is 6.61 Å². The summed E-state index contributed by atoms with van der Waals surface area (Å²) in [6.07, 6.45) is 4.30. The number of nitrogens with zero attached hydrogens (tertiary/aromatic N) is 3. The molecule has 162 valence electrons. The van der Waals surface area contributed by atoms with Crippen molar-refractivity contribution in [2.24, 2.45) is 11.3 Å². The molecule has 0 N–H and O–H groups in total. The number of amides is 2. The molecule has 7 nitrogen and oxygen atoms in total. The molecule has 29 heavy (non-hydrogen) atoms. The largest absolute Gasteiger partial charge is 0.383 e. The Morgan fingerprint density at radius 1 is 1.24 bits per heavy atom. The van der Waals surface area contributed by atoms with E-state index in [0.29, 0.717) is 37.9 Å². The lowest BCUT2D eigenvalue weighted by atomic mass is 9.71. The lowest BCUT2D eigenvalue weighted by Crippen LogP contribution is -2.49. The zero-order valence-electron chi connectivity index (χ0n) is 18.5. The van der Waals surface area contributed by atoms with Crippen molar-refractivity contribution in [2.45, 2.75) is 65.8 Å². The number of carbonyl (C=O) groups excluding carboxylic acids is 2. The highest BCUT2D eigenvalue weighted by molar-refractivity contribution is 5.94. The van der Waals surface area contributed by atoms with E-state index in [1.807, 2.05) is 9.80 Å². The van der Waals surface area contributed by atoms with Crippen molar-refractivity contribution in [2.75, 3.05) is 33.4 Å². The van der Waals surface area contributed by atoms with Crippen LogP contribution < -0.4 is 0 Å². The van der Waals surface area contributed by atoms with E-state index in [4.69, 9.17) is 9.26 Å². The molecule has 1 aromatic rings. The Kier molecular flexibility index (Phi) is 6.66. The van der Waals surface area contributed by atoms with Gasteiger partial charge in [0.2, 0.25) is 5.91 Å². The van der Waals surface area contributed by atoms with E-state index in [-0.39, 0.29) is 23.3 Å². The van der Waals surface area contributed by atoms with Crippen LogP contribution in [0.4, 0.5) is 0 Å². The lowest BCUT2D eigenvalue weighted by molar-refractivity contribution is -0.130. The van der Waals surface area contributed by atoms with Gasteiger partial charge in [-0.1, -0.05) is 25.9 Å². The third-order valence-electron chi connectivity index (χ3n) is 6.62. The van der Waals surface area contributed by atoms with Crippen LogP contribution in [0.15, 0.2) is 4.52 Å². The zero-order chi connectivity index (χ0) is 21.2.